The van der Waals surface area contributed by atoms with Gasteiger partial charge in [0, 0.05) is 37.8 Å². The lowest BCUT2D eigenvalue weighted by atomic mass is 9.96. The third kappa shape index (κ3) is 4.65. The summed E-state index contributed by atoms with van der Waals surface area (Å²) in [7, 11) is 2.26. The van der Waals surface area contributed by atoms with Crippen molar-refractivity contribution >= 4 is 0 Å². The molecule has 2 unspecified atom stereocenters. The number of aliphatic hydroxyl groups is 1. The van der Waals surface area contributed by atoms with Crippen molar-refractivity contribution < 1.29 is 9.84 Å². The van der Waals surface area contributed by atoms with E-state index >= 15 is 0 Å². The molecule has 27 heavy (non-hydrogen) atoms. The first kappa shape index (κ1) is 20.6. The molecule has 2 saturated heterocycles. The van der Waals surface area contributed by atoms with E-state index in [2.05, 4.69) is 55.1 Å². The molecule has 2 fully saturated rings. The average Bonchev–Trinajstić information content (AvgIpc) is 3.23. The second-order valence-corrected chi connectivity index (χ2v) is 8.29. The van der Waals surface area contributed by atoms with E-state index in [4.69, 9.17) is 9.84 Å². The third-order valence-corrected chi connectivity index (χ3v) is 6.58. The van der Waals surface area contributed by atoms with Crippen LogP contribution in [0.5, 0.6) is 5.75 Å². The van der Waals surface area contributed by atoms with E-state index in [-0.39, 0.29) is 6.61 Å². The van der Waals surface area contributed by atoms with E-state index in [0.29, 0.717) is 18.6 Å². The summed E-state index contributed by atoms with van der Waals surface area (Å²) in [6.07, 6.45) is 3.42. The maximum atomic E-state index is 8.75. The van der Waals surface area contributed by atoms with Crippen LogP contribution in [0.3, 0.4) is 0 Å². The molecule has 0 aromatic heterocycles. The Kier molecular flexibility index (Phi) is 7.15. The fourth-order valence-corrected chi connectivity index (χ4v) is 4.71. The van der Waals surface area contributed by atoms with Crippen LogP contribution in [0.1, 0.15) is 48.9 Å². The van der Waals surface area contributed by atoms with Gasteiger partial charge in [0.25, 0.3) is 0 Å². The van der Waals surface area contributed by atoms with E-state index in [1.807, 2.05) is 0 Å². The van der Waals surface area contributed by atoms with E-state index in [1.165, 1.54) is 36.2 Å². The van der Waals surface area contributed by atoms with Gasteiger partial charge in [-0.25, -0.2) is 0 Å². The first-order valence-electron chi connectivity index (χ1n) is 10.5. The van der Waals surface area contributed by atoms with E-state index in [1.54, 1.807) is 0 Å². The smallest absolute Gasteiger partial charge is 0.122 e. The molecule has 1 aromatic rings. The van der Waals surface area contributed by atoms with Crippen molar-refractivity contribution in [2.75, 3.05) is 46.4 Å². The molecule has 5 nitrogen and oxygen atoms in total. The van der Waals surface area contributed by atoms with Crippen LogP contribution < -0.4 is 10.1 Å². The van der Waals surface area contributed by atoms with Crippen LogP contribution in [0, 0.1) is 13.8 Å². The topological polar surface area (TPSA) is 48.0 Å². The highest BCUT2D eigenvalue weighted by atomic mass is 16.5. The van der Waals surface area contributed by atoms with Gasteiger partial charge in [0.2, 0.25) is 0 Å². The largest absolute Gasteiger partial charge is 0.493 e. The minimum Gasteiger partial charge on any atom is -0.493 e. The molecule has 3 rings (SSSR count). The van der Waals surface area contributed by atoms with Crippen molar-refractivity contribution in [3.05, 3.63) is 28.8 Å². The van der Waals surface area contributed by atoms with Crippen LogP contribution in [-0.4, -0.2) is 73.4 Å². The first-order chi connectivity index (χ1) is 13.0. The molecule has 1 aromatic carbocycles. The zero-order valence-corrected chi connectivity index (χ0v) is 17.5. The Morgan fingerprint density at radius 1 is 1.15 bits per heavy atom. The molecule has 3 atom stereocenters. The summed E-state index contributed by atoms with van der Waals surface area (Å²) in [5, 5.41) is 12.0. The monoisotopic (exact) mass is 375 g/mol. The molecular formula is C22H37N3O2. The van der Waals surface area contributed by atoms with Gasteiger partial charge in [0.15, 0.2) is 0 Å². The number of likely N-dealkylation sites (tertiary alicyclic amines) is 2. The molecule has 152 valence electrons. The molecule has 0 spiro atoms. The normalized spacial score (nSPS) is 23.9. The van der Waals surface area contributed by atoms with Crippen LogP contribution >= 0.6 is 0 Å². The van der Waals surface area contributed by atoms with Crippen molar-refractivity contribution in [3.63, 3.8) is 0 Å². The lowest BCUT2D eigenvalue weighted by Gasteiger charge is -2.37. The Labute approximate surface area is 164 Å². The third-order valence-electron chi connectivity index (χ3n) is 6.58. The van der Waals surface area contributed by atoms with Gasteiger partial charge < -0.3 is 20.1 Å². The van der Waals surface area contributed by atoms with Crippen molar-refractivity contribution in [2.24, 2.45) is 0 Å². The van der Waals surface area contributed by atoms with Crippen LogP contribution in [0.2, 0.25) is 0 Å². The summed E-state index contributed by atoms with van der Waals surface area (Å²) in [5.74, 6) is 1.02. The molecule has 0 saturated carbocycles. The Balaban J connectivity index is 1.54. The Hall–Kier alpha value is -1.14. The molecule has 2 N–H and O–H groups in total. The van der Waals surface area contributed by atoms with Crippen molar-refractivity contribution in [1.29, 1.82) is 0 Å². The summed E-state index contributed by atoms with van der Waals surface area (Å²) in [6.45, 7) is 11.8. The number of piperazine rings is 1. The molecule has 2 aliphatic rings. The molecule has 2 aliphatic heterocycles. The van der Waals surface area contributed by atoms with Crippen LogP contribution in [0.15, 0.2) is 12.1 Å². The number of aliphatic hydroxyl groups excluding tert-OH is 1. The second kappa shape index (κ2) is 9.37. The van der Waals surface area contributed by atoms with Gasteiger partial charge in [0.05, 0.1) is 13.2 Å². The van der Waals surface area contributed by atoms with Crippen LogP contribution in [-0.2, 0) is 0 Å². The summed E-state index contributed by atoms with van der Waals surface area (Å²) in [5.41, 5.74) is 4.10. The number of benzene rings is 1. The minimum absolute atomic E-state index is 0.204. The molecule has 0 amide bonds. The number of hydrogen-bond acceptors (Lipinski definition) is 5. The average molecular weight is 376 g/mol. The number of nitrogens with one attached hydrogen (secondary N) is 1. The predicted molar refractivity (Wildman–Crippen MR) is 111 cm³/mol. The molecule has 0 radical (unpaired) electrons. The van der Waals surface area contributed by atoms with Crippen molar-refractivity contribution in [2.45, 2.75) is 58.2 Å². The number of hydrogen-bond donors (Lipinski definition) is 2. The Morgan fingerprint density at radius 3 is 2.63 bits per heavy atom. The maximum absolute atomic E-state index is 8.75. The van der Waals surface area contributed by atoms with E-state index < -0.39 is 0 Å². The highest BCUT2D eigenvalue weighted by Crippen LogP contribution is 2.38. The molecular weight excluding hydrogens is 338 g/mol. The first-order valence-corrected chi connectivity index (χ1v) is 10.5. The van der Waals surface area contributed by atoms with Gasteiger partial charge >= 0.3 is 0 Å². The van der Waals surface area contributed by atoms with Gasteiger partial charge in [-0.1, -0.05) is 6.07 Å². The quantitative estimate of drug-likeness (QED) is 0.616. The Morgan fingerprint density at radius 2 is 1.96 bits per heavy atom. The lowest BCUT2D eigenvalue weighted by Crippen LogP contribution is -2.45. The Bertz CT molecular complexity index is 620. The van der Waals surface area contributed by atoms with Crippen LogP contribution in [0.4, 0.5) is 0 Å². The number of rotatable bonds is 10. The molecule has 2 bridgehead atoms. The van der Waals surface area contributed by atoms with Gasteiger partial charge in [-0.2, -0.15) is 0 Å². The predicted octanol–water partition coefficient (Wildman–Crippen LogP) is 2.49. The van der Waals surface area contributed by atoms with Gasteiger partial charge in [-0.15, -0.1) is 0 Å². The summed E-state index contributed by atoms with van der Waals surface area (Å²) >= 11 is 0. The standard InChI is InChI=1S/C22H37N3O2/c1-16-17(2)22(27-12-6-5-9-23-10-11-26)8-7-21(16)18(3)25-15-19-13-20(25)14-24(19)4/h7-8,18-20,23,26H,5-6,9-15H2,1-4H3/t18-,19?,20?/m0/s1. The van der Waals surface area contributed by atoms with Gasteiger partial charge in [-0.05, 0) is 76.4 Å². The van der Waals surface area contributed by atoms with Crippen molar-refractivity contribution in [1.82, 2.24) is 15.1 Å². The lowest BCUT2D eigenvalue weighted by molar-refractivity contribution is 0.113. The fraction of sp³-hybridized carbons (Fsp3) is 0.727. The van der Waals surface area contributed by atoms with E-state index in [0.717, 1.165) is 37.8 Å². The zero-order valence-electron chi connectivity index (χ0n) is 17.5. The number of likely N-dealkylation sites (N-methyl/N-ethyl adjacent to an activating group) is 1. The van der Waals surface area contributed by atoms with Crippen molar-refractivity contribution in [3.8, 4) is 5.75 Å². The number of nitrogens with zero attached hydrogens (tertiary/aromatic N) is 2. The fourth-order valence-electron chi connectivity index (χ4n) is 4.71. The summed E-state index contributed by atoms with van der Waals surface area (Å²) in [6, 6.07) is 6.37. The minimum atomic E-state index is 0.204. The molecule has 0 aliphatic carbocycles. The van der Waals surface area contributed by atoms with E-state index in [9.17, 15) is 0 Å². The molecule has 2 heterocycles. The highest BCUT2D eigenvalue weighted by Gasteiger charge is 2.43. The number of unbranched alkanes of at least 4 members (excludes halogenated alkanes) is 1. The maximum Gasteiger partial charge on any atom is 0.122 e. The van der Waals surface area contributed by atoms with Crippen LogP contribution in [0.25, 0.3) is 0 Å². The zero-order chi connectivity index (χ0) is 19.4. The highest BCUT2D eigenvalue weighted by molar-refractivity contribution is 5.45. The van der Waals surface area contributed by atoms with Gasteiger partial charge in [-0.3, -0.25) is 4.90 Å². The summed E-state index contributed by atoms with van der Waals surface area (Å²) < 4.78 is 6.05. The summed E-state index contributed by atoms with van der Waals surface area (Å²) in [4.78, 5) is 5.22. The number of fused-ring (bicyclic) bond motifs is 2. The SMILES string of the molecule is Cc1c(OCCCCNCCO)ccc([C@H](C)N2CC3CC2CN3C)c1C. The second-order valence-electron chi connectivity index (χ2n) is 8.29. The molecule has 5 heteroatoms. The van der Waals surface area contributed by atoms with Gasteiger partial charge in [0.1, 0.15) is 5.75 Å². The number of ether oxygens (including phenoxy) is 1.